The van der Waals surface area contributed by atoms with E-state index in [1.54, 1.807) is 30.9 Å². The van der Waals surface area contributed by atoms with E-state index in [-0.39, 0.29) is 36.6 Å². The van der Waals surface area contributed by atoms with E-state index in [0.717, 1.165) is 0 Å². The number of morpholine rings is 1. The molecule has 0 aromatic carbocycles. The van der Waals surface area contributed by atoms with Crippen LogP contribution < -0.4 is 5.32 Å². The number of rotatable bonds is 2. The number of nitrogens with zero attached hydrogens (tertiary/aromatic N) is 3. The first-order valence-corrected chi connectivity index (χ1v) is 7.44. The van der Waals surface area contributed by atoms with E-state index in [1.807, 2.05) is 0 Å². The summed E-state index contributed by atoms with van der Waals surface area (Å²) in [5.41, 5.74) is -0.327. The van der Waals surface area contributed by atoms with Crippen LogP contribution in [0, 0.1) is 0 Å². The van der Waals surface area contributed by atoms with Crippen LogP contribution in [0.4, 0.5) is 4.79 Å². The van der Waals surface area contributed by atoms with Crippen LogP contribution >= 0.6 is 0 Å². The van der Waals surface area contributed by atoms with Crippen molar-refractivity contribution in [3.05, 3.63) is 0 Å². The van der Waals surface area contributed by atoms with Gasteiger partial charge in [-0.15, -0.1) is 0 Å². The average molecular weight is 312 g/mol. The van der Waals surface area contributed by atoms with Gasteiger partial charge in [0, 0.05) is 40.8 Å². The van der Waals surface area contributed by atoms with Gasteiger partial charge in [0.25, 0.3) is 0 Å². The van der Waals surface area contributed by atoms with E-state index in [4.69, 9.17) is 4.74 Å². The highest BCUT2D eigenvalue weighted by atomic mass is 16.5. The summed E-state index contributed by atoms with van der Waals surface area (Å²) >= 11 is 0. The molecule has 2 saturated heterocycles. The fraction of sp³-hybridized carbons (Fsp3) is 0.786. The van der Waals surface area contributed by atoms with Crippen molar-refractivity contribution in [2.24, 2.45) is 0 Å². The van der Waals surface area contributed by atoms with Crippen LogP contribution in [0.3, 0.4) is 0 Å². The smallest absolute Gasteiger partial charge is 0.317 e. The zero-order valence-electron chi connectivity index (χ0n) is 13.4. The molecule has 8 heteroatoms. The van der Waals surface area contributed by atoms with Crippen LogP contribution in [0.25, 0.3) is 0 Å². The number of piperidine rings is 1. The molecule has 22 heavy (non-hydrogen) atoms. The van der Waals surface area contributed by atoms with Crippen molar-refractivity contribution in [1.82, 2.24) is 20.0 Å². The lowest BCUT2D eigenvalue weighted by Gasteiger charge is -2.46. The van der Waals surface area contributed by atoms with Gasteiger partial charge in [0.05, 0.1) is 12.1 Å². The Labute approximate surface area is 130 Å². The molecule has 2 heterocycles. The third-order valence-corrected chi connectivity index (χ3v) is 4.28. The molecule has 4 amide bonds. The third-order valence-electron chi connectivity index (χ3n) is 4.28. The fourth-order valence-electron chi connectivity index (χ4n) is 2.78. The zero-order valence-corrected chi connectivity index (χ0v) is 13.4. The zero-order chi connectivity index (χ0) is 16.3. The minimum absolute atomic E-state index is 0.00323. The Balaban J connectivity index is 1.80. The summed E-state index contributed by atoms with van der Waals surface area (Å²) in [6.07, 6.45) is 1.41. The Morgan fingerprint density at radius 1 is 1.32 bits per heavy atom. The second-order valence-corrected chi connectivity index (χ2v) is 6.16. The van der Waals surface area contributed by atoms with E-state index >= 15 is 0 Å². The first-order valence-electron chi connectivity index (χ1n) is 7.44. The Hall–Kier alpha value is -1.83. The lowest BCUT2D eigenvalue weighted by molar-refractivity contribution is -0.170. The monoisotopic (exact) mass is 312 g/mol. The predicted molar refractivity (Wildman–Crippen MR) is 79.2 cm³/mol. The van der Waals surface area contributed by atoms with Gasteiger partial charge in [-0.1, -0.05) is 0 Å². The minimum atomic E-state index is -0.327. The molecule has 0 radical (unpaired) electrons. The van der Waals surface area contributed by atoms with Crippen LogP contribution in [0.1, 0.15) is 12.8 Å². The molecule has 1 spiro atoms. The van der Waals surface area contributed by atoms with E-state index < -0.39 is 0 Å². The maximum absolute atomic E-state index is 12.1. The van der Waals surface area contributed by atoms with Gasteiger partial charge < -0.3 is 24.8 Å². The lowest BCUT2D eigenvalue weighted by Crippen LogP contribution is -2.58. The molecule has 0 unspecified atom stereocenters. The van der Waals surface area contributed by atoms with Crippen LogP contribution in [-0.4, -0.2) is 92.1 Å². The fourth-order valence-corrected chi connectivity index (χ4v) is 2.78. The van der Waals surface area contributed by atoms with Gasteiger partial charge >= 0.3 is 6.03 Å². The van der Waals surface area contributed by atoms with E-state index in [1.165, 1.54) is 4.90 Å². The number of likely N-dealkylation sites (tertiary alicyclic amines) is 1. The maximum Gasteiger partial charge on any atom is 0.317 e. The molecule has 0 aliphatic carbocycles. The van der Waals surface area contributed by atoms with Crippen LogP contribution in [-0.2, 0) is 14.3 Å². The van der Waals surface area contributed by atoms with Gasteiger partial charge in [-0.3, -0.25) is 9.59 Å². The Bertz CT molecular complexity index is 458. The van der Waals surface area contributed by atoms with E-state index in [9.17, 15) is 14.4 Å². The molecule has 124 valence electrons. The summed E-state index contributed by atoms with van der Waals surface area (Å²) in [7, 11) is 5.03. The van der Waals surface area contributed by atoms with Crippen molar-refractivity contribution in [2.75, 3.05) is 53.9 Å². The van der Waals surface area contributed by atoms with Crippen molar-refractivity contribution in [1.29, 1.82) is 0 Å². The van der Waals surface area contributed by atoms with Crippen LogP contribution in [0.2, 0.25) is 0 Å². The molecule has 0 atom stereocenters. The van der Waals surface area contributed by atoms with Crippen molar-refractivity contribution < 1.29 is 19.1 Å². The van der Waals surface area contributed by atoms with Crippen LogP contribution in [0.15, 0.2) is 0 Å². The van der Waals surface area contributed by atoms with Crippen LogP contribution in [0.5, 0.6) is 0 Å². The molecular formula is C14H24N4O4. The largest absolute Gasteiger partial charge is 0.363 e. The number of urea groups is 1. The average Bonchev–Trinajstić information content (AvgIpc) is 2.49. The van der Waals surface area contributed by atoms with Crippen molar-refractivity contribution >= 4 is 17.8 Å². The molecule has 0 bridgehead atoms. The normalized spacial score (nSPS) is 21.0. The number of ether oxygens (including phenoxy) is 1. The summed E-state index contributed by atoms with van der Waals surface area (Å²) < 4.78 is 5.74. The van der Waals surface area contributed by atoms with E-state index in [0.29, 0.717) is 32.5 Å². The number of likely N-dealkylation sites (N-methyl/N-ethyl adjacent to an activating group) is 1. The predicted octanol–water partition coefficient (Wildman–Crippen LogP) is -0.893. The Morgan fingerprint density at radius 3 is 2.50 bits per heavy atom. The number of nitrogens with one attached hydrogen (secondary N) is 1. The minimum Gasteiger partial charge on any atom is -0.363 e. The van der Waals surface area contributed by atoms with Gasteiger partial charge in [0.1, 0.15) is 6.61 Å². The Morgan fingerprint density at radius 2 is 1.95 bits per heavy atom. The second kappa shape index (κ2) is 6.51. The van der Waals surface area contributed by atoms with Gasteiger partial charge in [-0.2, -0.15) is 0 Å². The number of amides is 4. The molecule has 2 fully saturated rings. The molecule has 8 nitrogen and oxygen atoms in total. The summed E-state index contributed by atoms with van der Waals surface area (Å²) in [5.74, 6) is -0.0965. The van der Waals surface area contributed by atoms with Crippen molar-refractivity contribution in [3.63, 3.8) is 0 Å². The topological polar surface area (TPSA) is 82.2 Å². The summed E-state index contributed by atoms with van der Waals surface area (Å²) in [5, 5.41) is 2.57. The molecule has 2 aliphatic rings. The molecule has 0 saturated carbocycles. The summed E-state index contributed by atoms with van der Waals surface area (Å²) in [6, 6.07) is -0.280. The Kier molecular flexibility index (Phi) is 4.90. The molecule has 0 aromatic heterocycles. The number of hydrogen-bond acceptors (Lipinski definition) is 4. The number of carbonyl (C=O) groups excluding carboxylic acids is 3. The highest BCUT2D eigenvalue weighted by molar-refractivity contribution is 5.84. The number of carbonyl (C=O) groups is 3. The van der Waals surface area contributed by atoms with Gasteiger partial charge in [0.15, 0.2) is 0 Å². The molecule has 2 rings (SSSR count). The second-order valence-electron chi connectivity index (χ2n) is 6.16. The standard InChI is InChI=1S/C14H24N4O4/c1-16(2)13(21)15-8-11(19)18-6-4-14(5-7-18)10-17(3)12(20)9-22-14/h4-10H2,1-3H3,(H,15,21). The molecule has 2 aliphatic heterocycles. The molecular weight excluding hydrogens is 288 g/mol. The summed E-state index contributed by atoms with van der Waals surface area (Å²) in [4.78, 5) is 39.8. The molecule has 1 N–H and O–H groups in total. The van der Waals surface area contributed by atoms with Gasteiger partial charge in [-0.05, 0) is 12.8 Å². The van der Waals surface area contributed by atoms with Crippen molar-refractivity contribution in [2.45, 2.75) is 18.4 Å². The molecule has 0 aromatic rings. The summed E-state index contributed by atoms with van der Waals surface area (Å²) in [6.45, 7) is 1.86. The van der Waals surface area contributed by atoms with E-state index in [2.05, 4.69) is 5.32 Å². The number of hydrogen-bond donors (Lipinski definition) is 1. The first kappa shape index (κ1) is 16.5. The lowest BCUT2D eigenvalue weighted by atomic mass is 9.89. The van der Waals surface area contributed by atoms with Crippen molar-refractivity contribution in [3.8, 4) is 0 Å². The van der Waals surface area contributed by atoms with Gasteiger partial charge in [-0.25, -0.2) is 4.79 Å². The highest BCUT2D eigenvalue weighted by Gasteiger charge is 2.41. The quantitative estimate of drug-likeness (QED) is 0.717. The third kappa shape index (κ3) is 3.68. The SMILES string of the molecule is CN(C)C(=O)NCC(=O)N1CCC2(CC1)CN(C)C(=O)CO2. The maximum atomic E-state index is 12.1. The first-order chi connectivity index (χ1) is 10.3. The van der Waals surface area contributed by atoms with Gasteiger partial charge in [0.2, 0.25) is 11.8 Å². The highest BCUT2D eigenvalue weighted by Crippen LogP contribution is 2.29.